The van der Waals surface area contributed by atoms with Crippen molar-refractivity contribution in [2.45, 2.75) is 33.4 Å². The van der Waals surface area contributed by atoms with E-state index in [0.29, 0.717) is 22.9 Å². The molecule has 0 aliphatic carbocycles. The fourth-order valence-electron chi connectivity index (χ4n) is 3.18. The molecule has 0 saturated heterocycles. The maximum atomic E-state index is 12.7. The van der Waals surface area contributed by atoms with Crippen molar-refractivity contribution in [2.75, 3.05) is 13.2 Å². The lowest BCUT2D eigenvalue weighted by atomic mass is 10.1. The molecule has 1 aromatic heterocycles. The lowest BCUT2D eigenvalue weighted by molar-refractivity contribution is 0.0732. The van der Waals surface area contributed by atoms with Crippen molar-refractivity contribution < 1.29 is 14.6 Å². The average Bonchev–Trinajstić information content (AvgIpc) is 3.26. The minimum atomic E-state index is -0.318. The second kappa shape index (κ2) is 11.1. The molecule has 0 unspecified atom stereocenters. The Morgan fingerprint density at radius 1 is 1.27 bits per heavy atom. The van der Waals surface area contributed by atoms with Crippen molar-refractivity contribution in [1.82, 2.24) is 20.4 Å². The molecule has 3 aromatic rings. The predicted molar refractivity (Wildman–Crippen MR) is 131 cm³/mol. The number of aromatic nitrogens is 2. The zero-order valence-electron chi connectivity index (χ0n) is 19.1. The molecular weight excluding hydrogens is 440 g/mol. The van der Waals surface area contributed by atoms with E-state index in [2.05, 4.69) is 22.0 Å². The Morgan fingerprint density at radius 3 is 2.58 bits per heavy atom. The third-order valence-corrected chi connectivity index (χ3v) is 5.09. The van der Waals surface area contributed by atoms with Crippen LogP contribution in [0.25, 0.3) is 16.8 Å². The Balaban J connectivity index is 1.67. The molecule has 1 heterocycles. The van der Waals surface area contributed by atoms with Crippen LogP contribution in [0.2, 0.25) is 5.02 Å². The van der Waals surface area contributed by atoms with Crippen molar-refractivity contribution >= 4 is 23.1 Å². The van der Waals surface area contributed by atoms with Crippen molar-refractivity contribution in [2.24, 2.45) is 0 Å². The number of hydrazine groups is 1. The number of hydrogen-bond acceptors (Lipinski definition) is 5. The Morgan fingerprint density at radius 2 is 2.00 bits per heavy atom. The van der Waals surface area contributed by atoms with E-state index in [0.717, 1.165) is 28.2 Å². The zero-order valence-corrected chi connectivity index (χ0v) is 19.8. The van der Waals surface area contributed by atoms with Gasteiger partial charge in [0, 0.05) is 30.4 Å². The minimum absolute atomic E-state index is 0.0187. The van der Waals surface area contributed by atoms with Gasteiger partial charge in [-0.3, -0.25) is 10.2 Å². The Labute approximate surface area is 199 Å². The highest BCUT2D eigenvalue weighted by molar-refractivity contribution is 6.32. The van der Waals surface area contributed by atoms with Crippen LogP contribution in [0.1, 0.15) is 42.5 Å². The molecule has 2 aromatic carbocycles. The second-order valence-electron chi connectivity index (χ2n) is 8.01. The van der Waals surface area contributed by atoms with E-state index in [1.54, 1.807) is 23.2 Å². The highest BCUT2D eigenvalue weighted by Gasteiger charge is 2.14. The van der Waals surface area contributed by atoms with Gasteiger partial charge in [-0.15, -0.1) is 0 Å². The van der Waals surface area contributed by atoms with Crippen LogP contribution in [-0.4, -0.2) is 45.2 Å². The maximum absolute atomic E-state index is 12.7. The molecule has 1 amide bonds. The largest absolute Gasteiger partial charge is 0.489 e. The van der Waals surface area contributed by atoms with E-state index in [9.17, 15) is 9.90 Å². The standard InChI is InChI=1S/C25H29ClN4O3/c1-16(2)24-27-14-22(28-24)19-7-5-18(6-8-19)15-30(11-12-31)29-25(32)20-9-10-23(21(26)13-20)33-17(3)4/h5-10,13-14,17,31H,1,11-12,15H2,2-4H3,(H,27,28)(H,29,32). The predicted octanol–water partition coefficient (Wildman–Crippen LogP) is 4.69. The van der Waals surface area contributed by atoms with Crippen LogP contribution < -0.4 is 10.2 Å². The number of imidazole rings is 1. The first-order chi connectivity index (χ1) is 15.8. The minimum Gasteiger partial charge on any atom is -0.489 e. The number of aliphatic hydroxyl groups excluding tert-OH is 1. The fourth-order valence-corrected chi connectivity index (χ4v) is 3.41. The number of hydrogen-bond donors (Lipinski definition) is 3. The van der Waals surface area contributed by atoms with Crippen LogP contribution in [0.4, 0.5) is 0 Å². The molecule has 3 rings (SSSR count). The number of amides is 1. The summed E-state index contributed by atoms with van der Waals surface area (Å²) in [5.41, 5.74) is 6.90. The number of carbonyl (C=O) groups excluding carboxylic acids is 1. The van der Waals surface area contributed by atoms with Crippen molar-refractivity contribution in [3.05, 3.63) is 77.2 Å². The number of rotatable bonds is 10. The molecule has 3 N–H and O–H groups in total. The van der Waals surface area contributed by atoms with Crippen molar-refractivity contribution in [3.8, 4) is 17.0 Å². The van der Waals surface area contributed by atoms with Gasteiger partial charge in [0.15, 0.2) is 0 Å². The van der Waals surface area contributed by atoms with Gasteiger partial charge in [0.2, 0.25) is 0 Å². The summed E-state index contributed by atoms with van der Waals surface area (Å²) in [6, 6.07) is 12.8. The summed E-state index contributed by atoms with van der Waals surface area (Å²) < 4.78 is 5.62. The molecule has 33 heavy (non-hydrogen) atoms. The number of nitrogens with zero attached hydrogens (tertiary/aromatic N) is 2. The molecule has 8 heteroatoms. The normalized spacial score (nSPS) is 11.1. The summed E-state index contributed by atoms with van der Waals surface area (Å²) in [7, 11) is 0. The number of aliphatic hydroxyl groups is 1. The number of allylic oxidation sites excluding steroid dienone is 1. The molecule has 0 bridgehead atoms. The first-order valence-electron chi connectivity index (χ1n) is 10.7. The van der Waals surface area contributed by atoms with E-state index in [-0.39, 0.29) is 25.2 Å². The van der Waals surface area contributed by atoms with Gasteiger partial charge < -0.3 is 14.8 Å². The molecule has 0 radical (unpaired) electrons. The number of carbonyl (C=O) groups is 1. The third kappa shape index (κ3) is 6.68. The molecular formula is C25H29ClN4O3. The SMILES string of the molecule is C=C(C)c1nc(-c2ccc(CN(CCO)NC(=O)c3ccc(OC(C)C)c(Cl)c3)cc2)c[nH]1. The molecule has 0 aliphatic rings. The Bertz CT molecular complexity index is 1110. The van der Waals surface area contributed by atoms with Crippen molar-refractivity contribution in [1.29, 1.82) is 0 Å². The molecule has 174 valence electrons. The van der Waals surface area contributed by atoms with Crippen LogP contribution >= 0.6 is 11.6 Å². The summed E-state index contributed by atoms with van der Waals surface area (Å²) in [6.45, 7) is 10.2. The average molecular weight is 469 g/mol. The molecule has 0 spiro atoms. The zero-order chi connectivity index (χ0) is 24.0. The molecule has 0 fully saturated rings. The van der Waals surface area contributed by atoms with Crippen LogP contribution in [0, 0.1) is 0 Å². The van der Waals surface area contributed by atoms with Crippen LogP contribution in [-0.2, 0) is 6.54 Å². The number of ether oxygens (including phenoxy) is 1. The number of aromatic amines is 1. The van der Waals surface area contributed by atoms with E-state index in [4.69, 9.17) is 16.3 Å². The number of H-pyrrole nitrogens is 1. The van der Waals surface area contributed by atoms with Gasteiger partial charge in [-0.1, -0.05) is 42.4 Å². The molecule has 0 aliphatic heterocycles. The van der Waals surface area contributed by atoms with E-state index >= 15 is 0 Å². The van der Waals surface area contributed by atoms with Gasteiger partial charge in [0.25, 0.3) is 5.91 Å². The summed E-state index contributed by atoms with van der Waals surface area (Å²) >= 11 is 6.26. The quantitative estimate of drug-likeness (QED) is 0.375. The van der Waals surface area contributed by atoms with Crippen molar-refractivity contribution in [3.63, 3.8) is 0 Å². The smallest absolute Gasteiger partial charge is 0.265 e. The van der Waals surface area contributed by atoms with Gasteiger partial charge in [-0.25, -0.2) is 9.99 Å². The van der Waals surface area contributed by atoms with E-state index in [1.807, 2.05) is 51.2 Å². The van der Waals surface area contributed by atoms with Crippen LogP contribution in [0.5, 0.6) is 5.75 Å². The number of halogens is 1. The summed E-state index contributed by atoms with van der Waals surface area (Å²) in [5, 5.41) is 11.5. The lowest BCUT2D eigenvalue weighted by Gasteiger charge is -2.22. The molecule has 0 atom stereocenters. The molecule has 7 nitrogen and oxygen atoms in total. The van der Waals surface area contributed by atoms with Gasteiger partial charge >= 0.3 is 0 Å². The first kappa shape index (κ1) is 24.5. The second-order valence-corrected chi connectivity index (χ2v) is 8.42. The topological polar surface area (TPSA) is 90.5 Å². The summed E-state index contributed by atoms with van der Waals surface area (Å²) in [4.78, 5) is 20.4. The first-order valence-corrected chi connectivity index (χ1v) is 11.1. The van der Waals surface area contributed by atoms with Gasteiger partial charge in [0.05, 0.1) is 23.4 Å². The van der Waals surface area contributed by atoms with E-state index < -0.39 is 0 Å². The van der Waals surface area contributed by atoms with Gasteiger partial charge in [0.1, 0.15) is 11.6 Å². The lowest BCUT2D eigenvalue weighted by Crippen LogP contribution is -2.43. The third-order valence-electron chi connectivity index (χ3n) is 4.79. The molecule has 0 saturated carbocycles. The fraction of sp³-hybridized carbons (Fsp3) is 0.280. The number of benzene rings is 2. The number of nitrogens with one attached hydrogen (secondary N) is 2. The Hall–Kier alpha value is -3.13. The highest BCUT2D eigenvalue weighted by Crippen LogP contribution is 2.26. The van der Waals surface area contributed by atoms with Gasteiger partial charge in [-0.05, 0) is 50.1 Å². The Kier molecular flexibility index (Phi) is 8.27. The maximum Gasteiger partial charge on any atom is 0.265 e. The highest BCUT2D eigenvalue weighted by atomic mass is 35.5. The van der Waals surface area contributed by atoms with E-state index in [1.165, 1.54) is 0 Å². The summed E-state index contributed by atoms with van der Waals surface area (Å²) in [5.74, 6) is 0.972. The van der Waals surface area contributed by atoms with Crippen LogP contribution in [0.3, 0.4) is 0 Å². The van der Waals surface area contributed by atoms with Gasteiger partial charge in [-0.2, -0.15) is 0 Å². The monoisotopic (exact) mass is 468 g/mol. The van der Waals surface area contributed by atoms with Crippen LogP contribution in [0.15, 0.2) is 55.2 Å². The summed E-state index contributed by atoms with van der Waals surface area (Å²) in [6.07, 6.45) is 1.83.